The van der Waals surface area contributed by atoms with E-state index in [0.29, 0.717) is 0 Å². The molecular formula is C11H14O4-2. The predicted octanol–water partition coefficient (Wildman–Crippen LogP) is -0.595. The van der Waals surface area contributed by atoms with Crippen LogP contribution in [0.1, 0.15) is 26.7 Å². The van der Waals surface area contributed by atoms with Gasteiger partial charge in [0.05, 0.1) is 17.4 Å². The Morgan fingerprint density at radius 2 is 1.33 bits per heavy atom. The molecular weight excluding hydrogens is 196 g/mol. The van der Waals surface area contributed by atoms with Gasteiger partial charge in [0.1, 0.15) is 0 Å². The number of hydrogen-bond donors (Lipinski definition) is 0. The first kappa shape index (κ1) is 13.4. The summed E-state index contributed by atoms with van der Waals surface area (Å²) < 4.78 is 0. The third-order valence-electron chi connectivity index (χ3n) is 2.19. The maximum absolute atomic E-state index is 10.9. The molecule has 0 aromatic heterocycles. The lowest BCUT2D eigenvalue weighted by atomic mass is 9.81. The minimum atomic E-state index is -1.96. The Morgan fingerprint density at radius 1 is 1.00 bits per heavy atom. The van der Waals surface area contributed by atoms with E-state index in [9.17, 15) is 19.8 Å². The Balaban J connectivity index is 5.06. The zero-order chi connectivity index (χ0) is 11.9. The molecule has 0 aliphatic heterocycles. The number of carbonyl (C=O) groups excluding carboxylic acids is 2. The molecule has 0 bridgehead atoms. The largest absolute Gasteiger partial charge is 0.549 e. The summed E-state index contributed by atoms with van der Waals surface area (Å²) in [6.07, 6.45) is 5.90. The normalized spacial score (nSPS) is 12.4. The fourth-order valence-electron chi connectivity index (χ4n) is 1.14. The van der Waals surface area contributed by atoms with Crippen molar-refractivity contribution in [3.8, 4) is 0 Å². The third kappa shape index (κ3) is 3.23. The van der Waals surface area contributed by atoms with E-state index in [0.717, 1.165) is 0 Å². The molecule has 0 aromatic carbocycles. The van der Waals surface area contributed by atoms with Gasteiger partial charge in [0, 0.05) is 0 Å². The molecule has 4 heteroatoms. The van der Waals surface area contributed by atoms with Gasteiger partial charge in [-0.25, -0.2) is 0 Å². The SMILES string of the molecule is C/C=C/CC(C/C=C/C)(C(=O)[O-])C(=O)[O-]. The van der Waals surface area contributed by atoms with Crippen molar-refractivity contribution in [3.05, 3.63) is 24.3 Å². The van der Waals surface area contributed by atoms with Crippen molar-refractivity contribution >= 4 is 11.9 Å². The lowest BCUT2D eigenvalue weighted by molar-refractivity contribution is -0.342. The fourth-order valence-corrected chi connectivity index (χ4v) is 1.14. The van der Waals surface area contributed by atoms with Crippen molar-refractivity contribution in [1.29, 1.82) is 0 Å². The van der Waals surface area contributed by atoms with E-state index in [1.807, 2.05) is 0 Å². The molecule has 0 atom stereocenters. The molecule has 0 aliphatic carbocycles. The number of carbonyl (C=O) groups is 2. The zero-order valence-corrected chi connectivity index (χ0v) is 8.86. The highest BCUT2D eigenvalue weighted by molar-refractivity contribution is 5.96. The maximum Gasteiger partial charge on any atom is 0.0563 e. The molecule has 15 heavy (non-hydrogen) atoms. The Kier molecular flexibility index (Phi) is 5.37. The summed E-state index contributed by atoms with van der Waals surface area (Å²) in [7, 11) is 0. The smallest absolute Gasteiger partial charge is 0.0563 e. The number of aliphatic carboxylic acids is 2. The van der Waals surface area contributed by atoms with E-state index < -0.39 is 17.4 Å². The second-order valence-electron chi connectivity index (χ2n) is 3.20. The molecule has 0 aliphatic rings. The molecule has 0 fully saturated rings. The second kappa shape index (κ2) is 6.01. The number of hydrogen-bond acceptors (Lipinski definition) is 4. The number of allylic oxidation sites excluding steroid dienone is 4. The van der Waals surface area contributed by atoms with E-state index in [1.165, 1.54) is 12.2 Å². The van der Waals surface area contributed by atoms with Gasteiger partial charge in [-0.05, 0) is 26.7 Å². The maximum atomic E-state index is 10.9. The monoisotopic (exact) mass is 210 g/mol. The minimum Gasteiger partial charge on any atom is -0.549 e. The molecule has 84 valence electrons. The Morgan fingerprint density at radius 3 is 1.53 bits per heavy atom. The third-order valence-corrected chi connectivity index (χ3v) is 2.19. The first-order valence-electron chi connectivity index (χ1n) is 4.66. The lowest BCUT2D eigenvalue weighted by Crippen LogP contribution is -2.53. The van der Waals surface area contributed by atoms with Crippen LogP contribution in [-0.2, 0) is 9.59 Å². The Hall–Kier alpha value is -1.58. The molecule has 0 rings (SSSR count). The highest BCUT2D eigenvalue weighted by atomic mass is 16.4. The van der Waals surface area contributed by atoms with Crippen LogP contribution < -0.4 is 10.2 Å². The van der Waals surface area contributed by atoms with Crippen LogP contribution in [0.15, 0.2) is 24.3 Å². The van der Waals surface area contributed by atoms with Gasteiger partial charge in [0.2, 0.25) is 0 Å². The molecule has 4 nitrogen and oxygen atoms in total. The van der Waals surface area contributed by atoms with Crippen LogP contribution >= 0.6 is 0 Å². The first-order valence-corrected chi connectivity index (χ1v) is 4.66. The standard InChI is InChI=1S/C11H16O4/c1-3-5-7-11(9(12)13,10(14)15)8-6-4-2/h3-6H,7-8H2,1-2H3,(H,12,13)(H,14,15)/p-2/b5-3+,6-4+. The molecule has 0 radical (unpaired) electrons. The summed E-state index contributed by atoms with van der Waals surface area (Å²) in [6.45, 7) is 3.37. The second-order valence-corrected chi connectivity index (χ2v) is 3.20. The van der Waals surface area contributed by atoms with E-state index in [1.54, 1.807) is 26.0 Å². The van der Waals surface area contributed by atoms with Crippen LogP contribution in [0.4, 0.5) is 0 Å². The van der Waals surface area contributed by atoms with Crippen molar-refractivity contribution < 1.29 is 19.8 Å². The molecule has 0 saturated carbocycles. The van der Waals surface area contributed by atoms with Crippen LogP contribution in [0, 0.1) is 5.41 Å². The van der Waals surface area contributed by atoms with E-state index in [4.69, 9.17) is 0 Å². The van der Waals surface area contributed by atoms with Crippen LogP contribution in [-0.4, -0.2) is 11.9 Å². The van der Waals surface area contributed by atoms with E-state index in [2.05, 4.69) is 0 Å². The van der Waals surface area contributed by atoms with Crippen molar-refractivity contribution in [2.45, 2.75) is 26.7 Å². The molecule has 0 N–H and O–H groups in total. The summed E-state index contributed by atoms with van der Waals surface area (Å²) >= 11 is 0. The van der Waals surface area contributed by atoms with Gasteiger partial charge in [0.25, 0.3) is 0 Å². The highest BCUT2D eigenvalue weighted by Gasteiger charge is 2.31. The molecule has 0 spiro atoms. The molecule has 0 amide bonds. The van der Waals surface area contributed by atoms with E-state index >= 15 is 0 Å². The summed E-state index contributed by atoms with van der Waals surface area (Å²) in [6, 6.07) is 0. The zero-order valence-electron chi connectivity index (χ0n) is 8.86. The summed E-state index contributed by atoms with van der Waals surface area (Å²) in [5.41, 5.74) is -1.96. The number of carboxylic acids is 2. The topological polar surface area (TPSA) is 80.3 Å². The predicted molar refractivity (Wildman–Crippen MR) is 51.3 cm³/mol. The van der Waals surface area contributed by atoms with Gasteiger partial charge in [0.15, 0.2) is 0 Å². The van der Waals surface area contributed by atoms with Gasteiger partial charge in [-0.1, -0.05) is 24.3 Å². The summed E-state index contributed by atoms with van der Waals surface area (Å²) in [4.78, 5) is 21.7. The quantitative estimate of drug-likeness (QED) is 0.433. The van der Waals surface area contributed by atoms with Crippen molar-refractivity contribution in [2.75, 3.05) is 0 Å². The number of rotatable bonds is 6. The fraction of sp³-hybridized carbons (Fsp3) is 0.455. The summed E-state index contributed by atoms with van der Waals surface area (Å²) in [5.74, 6) is -3.22. The van der Waals surface area contributed by atoms with Crippen LogP contribution in [0.2, 0.25) is 0 Å². The molecule has 0 heterocycles. The van der Waals surface area contributed by atoms with Crippen LogP contribution in [0.5, 0.6) is 0 Å². The Labute approximate surface area is 88.9 Å². The van der Waals surface area contributed by atoms with Crippen molar-refractivity contribution in [2.24, 2.45) is 5.41 Å². The Bertz CT molecular complexity index is 259. The van der Waals surface area contributed by atoms with Gasteiger partial charge in [-0.2, -0.15) is 0 Å². The summed E-state index contributed by atoms with van der Waals surface area (Å²) in [5, 5.41) is 21.7. The number of carboxylic acid groups (broad SMARTS) is 2. The van der Waals surface area contributed by atoms with Gasteiger partial charge >= 0.3 is 0 Å². The molecule has 0 unspecified atom stereocenters. The first-order chi connectivity index (χ1) is 7.01. The van der Waals surface area contributed by atoms with Crippen LogP contribution in [0.3, 0.4) is 0 Å². The molecule has 0 aromatic rings. The van der Waals surface area contributed by atoms with Crippen molar-refractivity contribution in [3.63, 3.8) is 0 Å². The van der Waals surface area contributed by atoms with E-state index in [-0.39, 0.29) is 12.8 Å². The van der Waals surface area contributed by atoms with Gasteiger partial charge in [-0.15, -0.1) is 0 Å². The van der Waals surface area contributed by atoms with Crippen LogP contribution in [0.25, 0.3) is 0 Å². The molecule has 0 saturated heterocycles. The average molecular weight is 210 g/mol. The van der Waals surface area contributed by atoms with Gasteiger partial charge < -0.3 is 19.8 Å². The minimum absolute atomic E-state index is 0.126. The van der Waals surface area contributed by atoms with Crippen molar-refractivity contribution in [1.82, 2.24) is 0 Å². The van der Waals surface area contributed by atoms with Gasteiger partial charge in [-0.3, -0.25) is 0 Å². The highest BCUT2D eigenvalue weighted by Crippen LogP contribution is 2.26. The lowest BCUT2D eigenvalue weighted by Gasteiger charge is -2.34. The average Bonchev–Trinajstić information content (AvgIpc) is 2.17.